The van der Waals surface area contributed by atoms with Crippen molar-refractivity contribution >= 4 is 11.6 Å². The summed E-state index contributed by atoms with van der Waals surface area (Å²) >= 11 is 0. The highest BCUT2D eigenvalue weighted by molar-refractivity contribution is 5.91. The molecule has 1 N–H and O–H groups in total. The van der Waals surface area contributed by atoms with Crippen molar-refractivity contribution in [3.63, 3.8) is 0 Å². The van der Waals surface area contributed by atoms with E-state index in [4.69, 9.17) is 4.52 Å². The van der Waals surface area contributed by atoms with E-state index < -0.39 is 0 Å². The molecule has 0 saturated carbocycles. The van der Waals surface area contributed by atoms with Crippen LogP contribution in [0.25, 0.3) is 0 Å². The fourth-order valence-corrected chi connectivity index (χ4v) is 2.09. The first-order valence-electron chi connectivity index (χ1n) is 7.31. The van der Waals surface area contributed by atoms with Crippen molar-refractivity contribution < 1.29 is 9.32 Å². The molecule has 0 unspecified atom stereocenters. The Balaban J connectivity index is 1.64. The van der Waals surface area contributed by atoms with E-state index in [9.17, 15) is 9.59 Å². The number of aryl methyl sites for hydroxylation is 1. The SMILES string of the molecule is Cc1ccc(=O)n(Cc2nc(CC(=O)Nc3ccccc3)no2)n1. The predicted molar refractivity (Wildman–Crippen MR) is 85.4 cm³/mol. The lowest BCUT2D eigenvalue weighted by molar-refractivity contribution is -0.115. The summed E-state index contributed by atoms with van der Waals surface area (Å²) in [4.78, 5) is 27.8. The van der Waals surface area contributed by atoms with Crippen molar-refractivity contribution in [1.82, 2.24) is 19.9 Å². The molecule has 0 atom stereocenters. The Bertz CT molecular complexity index is 901. The van der Waals surface area contributed by atoms with Gasteiger partial charge in [0.15, 0.2) is 5.82 Å². The topological polar surface area (TPSA) is 103 Å². The highest BCUT2D eigenvalue weighted by atomic mass is 16.5. The van der Waals surface area contributed by atoms with Gasteiger partial charge in [-0.25, -0.2) is 4.68 Å². The molecule has 2 heterocycles. The lowest BCUT2D eigenvalue weighted by Gasteiger charge is -2.02. The summed E-state index contributed by atoms with van der Waals surface area (Å²) in [6, 6.07) is 12.1. The van der Waals surface area contributed by atoms with Gasteiger partial charge in [0, 0.05) is 11.8 Å². The first kappa shape index (κ1) is 15.6. The van der Waals surface area contributed by atoms with Crippen LogP contribution in [0.4, 0.5) is 5.69 Å². The third-order valence-corrected chi connectivity index (χ3v) is 3.17. The largest absolute Gasteiger partial charge is 0.337 e. The van der Waals surface area contributed by atoms with Crippen LogP contribution in [0.5, 0.6) is 0 Å². The molecule has 1 amide bonds. The van der Waals surface area contributed by atoms with Crippen LogP contribution >= 0.6 is 0 Å². The molecule has 0 bridgehead atoms. The van der Waals surface area contributed by atoms with Gasteiger partial charge in [0.25, 0.3) is 5.56 Å². The maximum atomic E-state index is 11.9. The number of hydrogen-bond acceptors (Lipinski definition) is 6. The maximum Gasteiger partial charge on any atom is 0.267 e. The van der Waals surface area contributed by atoms with Crippen molar-refractivity contribution in [3.8, 4) is 0 Å². The molecule has 0 radical (unpaired) electrons. The highest BCUT2D eigenvalue weighted by Crippen LogP contribution is 2.06. The maximum absolute atomic E-state index is 11.9. The molecule has 0 aliphatic carbocycles. The van der Waals surface area contributed by atoms with Crippen molar-refractivity contribution in [2.75, 3.05) is 5.32 Å². The van der Waals surface area contributed by atoms with E-state index >= 15 is 0 Å². The summed E-state index contributed by atoms with van der Waals surface area (Å²) in [7, 11) is 0. The van der Waals surface area contributed by atoms with Crippen molar-refractivity contribution in [2.45, 2.75) is 19.9 Å². The van der Waals surface area contributed by atoms with E-state index in [0.717, 1.165) is 0 Å². The molecule has 0 aliphatic rings. The molecule has 0 aliphatic heterocycles. The van der Waals surface area contributed by atoms with Crippen LogP contribution in [0.2, 0.25) is 0 Å². The predicted octanol–water partition coefficient (Wildman–Crippen LogP) is 1.16. The van der Waals surface area contributed by atoms with Crippen LogP contribution in [0.3, 0.4) is 0 Å². The third-order valence-electron chi connectivity index (χ3n) is 3.17. The van der Waals surface area contributed by atoms with Crippen LogP contribution in [-0.4, -0.2) is 25.8 Å². The molecule has 1 aromatic carbocycles. The number of carbonyl (C=O) groups excluding carboxylic acids is 1. The zero-order chi connectivity index (χ0) is 16.9. The van der Waals surface area contributed by atoms with E-state index in [-0.39, 0.29) is 36.1 Å². The van der Waals surface area contributed by atoms with Crippen molar-refractivity contribution in [1.29, 1.82) is 0 Å². The van der Waals surface area contributed by atoms with Crippen LogP contribution in [0, 0.1) is 6.92 Å². The Morgan fingerprint density at radius 3 is 2.79 bits per heavy atom. The second-order valence-corrected chi connectivity index (χ2v) is 5.17. The van der Waals surface area contributed by atoms with Crippen molar-refractivity contribution in [3.05, 3.63) is 70.2 Å². The molecule has 0 saturated heterocycles. The van der Waals surface area contributed by atoms with Gasteiger partial charge in [0.1, 0.15) is 6.54 Å². The second-order valence-electron chi connectivity index (χ2n) is 5.17. The molecule has 8 nitrogen and oxygen atoms in total. The molecule has 122 valence electrons. The summed E-state index contributed by atoms with van der Waals surface area (Å²) in [5.41, 5.74) is 1.14. The minimum absolute atomic E-state index is 0.0193. The fraction of sp³-hybridized carbons (Fsp3) is 0.188. The molecule has 2 aromatic heterocycles. The molecular weight excluding hydrogens is 310 g/mol. The monoisotopic (exact) mass is 325 g/mol. The number of anilines is 1. The van der Waals surface area contributed by atoms with Crippen LogP contribution < -0.4 is 10.9 Å². The number of amides is 1. The van der Waals surface area contributed by atoms with E-state index in [1.165, 1.54) is 10.7 Å². The summed E-state index contributed by atoms with van der Waals surface area (Å²) in [5, 5.41) is 10.6. The second kappa shape index (κ2) is 6.86. The van der Waals surface area contributed by atoms with Gasteiger partial charge in [-0.05, 0) is 25.1 Å². The van der Waals surface area contributed by atoms with Gasteiger partial charge in [0.2, 0.25) is 11.8 Å². The van der Waals surface area contributed by atoms with E-state index in [2.05, 4.69) is 20.6 Å². The van der Waals surface area contributed by atoms with Crippen molar-refractivity contribution in [2.24, 2.45) is 0 Å². The van der Waals surface area contributed by atoms with Gasteiger partial charge in [-0.2, -0.15) is 10.1 Å². The third kappa shape index (κ3) is 3.92. The quantitative estimate of drug-likeness (QED) is 0.755. The summed E-state index contributed by atoms with van der Waals surface area (Å²) in [6.07, 6.45) is -0.0193. The van der Waals surface area contributed by atoms with E-state index in [0.29, 0.717) is 11.4 Å². The summed E-state index contributed by atoms with van der Waals surface area (Å²) in [6.45, 7) is 1.84. The van der Waals surface area contributed by atoms with Crippen LogP contribution in [-0.2, 0) is 17.8 Å². The number of nitrogens with one attached hydrogen (secondary N) is 1. The Kier molecular flexibility index (Phi) is 4.46. The van der Waals surface area contributed by atoms with E-state index in [1.54, 1.807) is 25.1 Å². The minimum Gasteiger partial charge on any atom is -0.337 e. The number of rotatable bonds is 5. The van der Waals surface area contributed by atoms with Gasteiger partial charge in [-0.3, -0.25) is 9.59 Å². The Morgan fingerprint density at radius 1 is 1.21 bits per heavy atom. The van der Waals surface area contributed by atoms with E-state index in [1.807, 2.05) is 18.2 Å². The first-order valence-corrected chi connectivity index (χ1v) is 7.31. The number of carbonyl (C=O) groups is 1. The number of aromatic nitrogens is 4. The molecular formula is C16H15N5O3. The Hall–Kier alpha value is -3.29. The lowest BCUT2D eigenvalue weighted by atomic mass is 10.3. The molecule has 24 heavy (non-hydrogen) atoms. The standard InChI is InChI=1S/C16H15N5O3/c1-11-7-8-16(23)21(19-11)10-15-18-13(20-24-15)9-14(22)17-12-5-3-2-4-6-12/h2-8H,9-10H2,1H3,(H,17,22). The zero-order valence-electron chi connectivity index (χ0n) is 13.0. The van der Waals surface area contributed by atoms with Crippen LogP contribution in [0.15, 0.2) is 51.8 Å². The van der Waals surface area contributed by atoms with Gasteiger partial charge in [0.05, 0.1) is 12.1 Å². The number of nitrogens with zero attached hydrogens (tertiary/aromatic N) is 4. The summed E-state index contributed by atoms with van der Waals surface area (Å²) in [5.74, 6) is 0.219. The molecule has 3 aromatic rings. The molecule has 8 heteroatoms. The number of para-hydroxylation sites is 1. The molecule has 3 rings (SSSR count). The van der Waals surface area contributed by atoms with Gasteiger partial charge in [-0.1, -0.05) is 23.4 Å². The zero-order valence-corrected chi connectivity index (χ0v) is 13.0. The lowest BCUT2D eigenvalue weighted by Crippen LogP contribution is -2.23. The first-order chi connectivity index (χ1) is 11.6. The normalized spacial score (nSPS) is 10.5. The smallest absolute Gasteiger partial charge is 0.267 e. The average Bonchev–Trinajstić information content (AvgIpc) is 2.99. The molecule has 0 fully saturated rings. The number of hydrogen-bond donors (Lipinski definition) is 1. The summed E-state index contributed by atoms with van der Waals surface area (Å²) < 4.78 is 6.31. The Labute approximate surface area is 137 Å². The fourth-order valence-electron chi connectivity index (χ4n) is 2.09. The van der Waals surface area contributed by atoms with Gasteiger partial charge < -0.3 is 9.84 Å². The number of benzene rings is 1. The minimum atomic E-state index is -0.262. The van der Waals surface area contributed by atoms with Crippen LogP contribution in [0.1, 0.15) is 17.4 Å². The average molecular weight is 325 g/mol. The van der Waals surface area contributed by atoms with Gasteiger partial charge in [-0.15, -0.1) is 0 Å². The highest BCUT2D eigenvalue weighted by Gasteiger charge is 2.12. The van der Waals surface area contributed by atoms with Gasteiger partial charge >= 0.3 is 0 Å². The Morgan fingerprint density at radius 2 is 2.00 bits per heavy atom. The molecule has 0 spiro atoms.